The predicted molar refractivity (Wildman–Crippen MR) is 50.9 cm³/mol. The molecule has 0 saturated carbocycles. The number of hydrogen-bond donors (Lipinski definition) is 1. The maximum absolute atomic E-state index is 10.9. The van der Waals surface area contributed by atoms with Crippen molar-refractivity contribution in [3.05, 3.63) is 24.5 Å². The highest BCUT2D eigenvalue weighted by Gasteiger charge is 2.20. The molecule has 0 aromatic carbocycles. The molecular formula is C10H12N2O2. The van der Waals surface area contributed by atoms with Crippen LogP contribution in [0.25, 0.3) is 0 Å². The third kappa shape index (κ3) is 2.22. The number of ether oxygens (including phenoxy) is 1. The lowest BCUT2D eigenvalue weighted by Gasteiger charge is -2.10. The van der Waals surface area contributed by atoms with Gasteiger partial charge in [-0.3, -0.25) is 9.78 Å². The molecule has 2 heterocycles. The normalized spacial score (nSPS) is 20.6. The summed E-state index contributed by atoms with van der Waals surface area (Å²) in [5.74, 6) is 0.860. The molecule has 1 aliphatic heterocycles. The molecule has 1 aromatic rings. The molecule has 1 fully saturated rings. The first-order valence-corrected chi connectivity index (χ1v) is 4.67. The Hall–Kier alpha value is -1.58. The molecule has 1 amide bonds. The first-order valence-electron chi connectivity index (χ1n) is 4.67. The highest BCUT2D eigenvalue weighted by molar-refractivity contribution is 5.78. The van der Waals surface area contributed by atoms with Crippen LogP contribution >= 0.6 is 0 Å². The second kappa shape index (κ2) is 4.09. The van der Waals surface area contributed by atoms with Crippen LogP contribution in [0, 0.1) is 0 Å². The number of hydrogen-bond acceptors (Lipinski definition) is 3. The minimum atomic E-state index is 0.116. The van der Waals surface area contributed by atoms with E-state index in [9.17, 15) is 4.79 Å². The molecule has 1 unspecified atom stereocenters. The summed E-state index contributed by atoms with van der Waals surface area (Å²) in [4.78, 5) is 14.8. The number of nitrogens with zero attached hydrogens (tertiary/aromatic N) is 1. The number of aromatic nitrogens is 1. The Morgan fingerprint density at radius 2 is 2.57 bits per heavy atom. The first-order chi connectivity index (χ1) is 6.84. The molecule has 4 nitrogen and oxygen atoms in total. The maximum atomic E-state index is 10.9. The number of nitrogens with one attached hydrogen (secondary N) is 1. The van der Waals surface area contributed by atoms with Gasteiger partial charge in [0, 0.05) is 12.6 Å². The summed E-state index contributed by atoms with van der Waals surface area (Å²) in [6.45, 7) is 0.525. The van der Waals surface area contributed by atoms with E-state index in [1.54, 1.807) is 12.4 Å². The molecule has 74 valence electrons. The molecule has 1 aliphatic rings. The molecule has 1 aromatic heterocycles. The van der Waals surface area contributed by atoms with Gasteiger partial charge in [-0.15, -0.1) is 0 Å². The monoisotopic (exact) mass is 192 g/mol. The molecule has 1 N–H and O–H groups in total. The van der Waals surface area contributed by atoms with Crippen molar-refractivity contribution in [1.29, 1.82) is 0 Å². The molecule has 0 bridgehead atoms. The SMILES string of the molecule is O=C1CCC(COc2cccnc2)N1. The Bertz CT molecular complexity index is 313. The van der Waals surface area contributed by atoms with E-state index in [2.05, 4.69) is 10.3 Å². The van der Waals surface area contributed by atoms with Crippen molar-refractivity contribution < 1.29 is 9.53 Å². The van der Waals surface area contributed by atoms with Gasteiger partial charge in [0.05, 0.1) is 12.2 Å². The van der Waals surface area contributed by atoms with Gasteiger partial charge in [0.2, 0.25) is 5.91 Å². The fraction of sp³-hybridized carbons (Fsp3) is 0.400. The van der Waals surface area contributed by atoms with Gasteiger partial charge >= 0.3 is 0 Å². The zero-order valence-electron chi connectivity index (χ0n) is 7.77. The van der Waals surface area contributed by atoms with Gasteiger partial charge in [0.1, 0.15) is 12.4 Å². The van der Waals surface area contributed by atoms with Crippen molar-refractivity contribution in [2.24, 2.45) is 0 Å². The quantitative estimate of drug-likeness (QED) is 0.768. The molecular weight excluding hydrogens is 180 g/mol. The van der Waals surface area contributed by atoms with Gasteiger partial charge in [0.15, 0.2) is 0 Å². The second-order valence-corrected chi connectivity index (χ2v) is 3.30. The Morgan fingerprint density at radius 3 is 3.21 bits per heavy atom. The van der Waals surface area contributed by atoms with Crippen LogP contribution in [-0.2, 0) is 4.79 Å². The minimum Gasteiger partial charge on any atom is -0.490 e. The third-order valence-electron chi connectivity index (χ3n) is 2.17. The zero-order chi connectivity index (χ0) is 9.80. The number of amides is 1. The summed E-state index contributed by atoms with van der Waals surface area (Å²) >= 11 is 0. The Balaban J connectivity index is 1.80. The summed E-state index contributed by atoms with van der Waals surface area (Å²) in [6, 6.07) is 3.83. The van der Waals surface area contributed by atoms with E-state index in [-0.39, 0.29) is 11.9 Å². The Labute approximate surface area is 82.3 Å². The van der Waals surface area contributed by atoms with Crippen LogP contribution in [0.2, 0.25) is 0 Å². The third-order valence-corrected chi connectivity index (χ3v) is 2.17. The van der Waals surface area contributed by atoms with Crippen molar-refractivity contribution in [1.82, 2.24) is 10.3 Å². The highest BCUT2D eigenvalue weighted by atomic mass is 16.5. The van der Waals surface area contributed by atoms with Crippen molar-refractivity contribution in [3.8, 4) is 5.75 Å². The van der Waals surface area contributed by atoms with Crippen LogP contribution in [0.5, 0.6) is 5.75 Å². The van der Waals surface area contributed by atoms with E-state index >= 15 is 0 Å². The summed E-state index contributed by atoms with van der Waals surface area (Å²) < 4.78 is 5.46. The minimum absolute atomic E-state index is 0.116. The molecule has 0 radical (unpaired) electrons. The Morgan fingerprint density at radius 1 is 1.64 bits per heavy atom. The van der Waals surface area contributed by atoms with Crippen molar-refractivity contribution >= 4 is 5.91 Å². The fourth-order valence-corrected chi connectivity index (χ4v) is 1.43. The fourth-order valence-electron chi connectivity index (χ4n) is 1.43. The van der Waals surface area contributed by atoms with Crippen LogP contribution < -0.4 is 10.1 Å². The van der Waals surface area contributed by atoms with Crippen LogP contribution in [-0.4, -0.2) is 23.5 Å². The Kier molecular flexibility index (Phi) is 2.62. The number of carbonyl (C=O) groups excluding carboxylic acids is 1. The smallest absolute Gasteiger partial charge is 0.220 e. The lowest BCUT2D eigenvalue weighted by atomic mass is 10.2. The number of pyridine rings is 1. The highest BCUT2D eigenvalue weighted by Crippen LogP contribution is 2.10. The van der Waals surface area contributed by atoms with E-state index in [0.29, 0.717) is 13.0 Å². The van der Waals surface area contributed by atoms with E-state index in [1.807, 2.05) is 12.1 Å². The molecule has 0 spiro atoms. The van der Waals surface area contributed by atoms with Gasteiger partial charge < -0.3 is 10.1 Å². The molecule has 14 heavy (non-hydrogen) atoms. The molecule has 0 aliphatic carbocycles. The maximum Gasteiger partial charge on any atom is 0.220 e. The van der Waals surface area contributed by atoms with Crippen LogP contribution in [0.1, 0.15) is 12.8 Å². The van der Waals surface area contributed by atoms with Crippen molar-refractivity contribution in [2.75, 3.05) is 6.61 Å². The van der Waals surface area contributed by atoms with Gasteiger partial charge in [-0.25, -0.2) is 0 Å². The van der Waals surface area contributed by atoms with E-state index in [0.717, 1.165) is 12.2 Å². The van der Waals surface area contributed by atoms with Gasteiger partial charge in [-0.05, 0) is 18.6 Å². The van der Waals surface area contributed by atoms with Crippen LogP contribution in [0.4, 0.5) is 0 Å². The van der Waals surface area contributed by atoms with E-state index in [4.69, 9.17) is 4.74 Å². The topological polar surface area (TPSA) is 51.2 Å². The van der Waals surface area contributed by atoms with Gasteiger partial charge in [-0.1, -0.05) is 0 Å². The number of carbonyl (C=O) groups is 1. The summed E-state index contributed by atoms with van der Waals surface area (Å²) in [6.07, 6.45) is 4.83. The number of rotatable bonds is 3. The summed E-state index contributed by atoms with van der Waals surface area (Å²) in [5.41, 5.74) is 0. The zero-order valence-corrected chi connectivity index (χ0v) is 7.77. The average molecular weight is 192 g/mol. The van der Waals surface area contributed by atoms with E-state index in [1.165, 1.54) is 0 Å². The molecule has 4 heteroatoms. The summed E-state index contributed by atoms with van der Waals surface area (Å²) in [5, 5.41) is 2.84. The second-order valence-electron chi connectivity index (χ2n) is 3.30. The molecule has 2 rings (SSSR count). The molecule has 1 saturated heterocycles. The first kappa shape index (κ1) is 8.99. The lowest BCUT2D eigenvalue weighted by Crippen LogP contribution is -2.30. The standard InChI is InChI=1S/C10H12N2O2/c13-10-4-3-8(12-10)7-14-9-2-1-5-11-6-9/h1-2,5-6,8H,3-4,7H2,(H,12,13). The van der Waals surface area contributed by atoms with Crippen LogP contribution in [0.3, 0.4) is 0 Å². The average Bonchev–Trinajstić information content (AvgIpc) is 2.63. The van der Waals surface area contributed by atoms with Crippen molar-refractivity contribution in [3.63, 3.8) is 0 Å². The van der Waals surface area contributed by atoms with Gasteiger partial charge in [0.25, 0.3) is 0 Å². The van der Waals surface area contributed by atoms with Gasteiger partial charge in [-0.2, -0.15) is 0 Å². The predicted octanol–water partition coefficient (Wildman–Crippen LogP) is 0.739. The van der Waals surface area contributed by atoms with Crippen LogP contribution in [0.15, 0.2) is 24.5 Å². The van der Waals surface area contributed by atoms with Crippen molar-refractivity contribution in [2.45, 2.75) is 18.9 Å². The largest absolute Gasteiger partial charge is 0.490 e. The lowest BCUT2D eigenvalue weighted by molar-refractivity contribution is -0.119. The van der Waals surface area contributed by atoms with E-state index < -0.39 is 0 Å². The molecule has 1 atom stereocenters. The summed E-state index contributed by atoms with van der Waals surface area (Å²) in [7, 11) is 0.